The Morgan fingerprint density at radius 2 is 2.07 bits per heavy atom. The molecule has 0 aliphatic carbocycles. The summed E-state index contributed by atoms with van der Waals surface area (Å²) in [6, 6.07) is 7.76. The van der Waals surface area contributed by atoms with Crippen molar-refractivity contribution in [3.05, 3.63) is 53.6 Å². The maximum Gasteiger partial charge on any atom is 0.248 e. The number of nitrogens with one attached hydrogen (secondary N) is 1. The maximum atomic E-state index is 13.3. The molecule has 156 valence electrons. The van der Waals surface area contributed by atoms with E-state index in [2.05, 4.69) is 10.4 Å². The number of hydrogen-bond donors (Lipinski definition) is 1. The summed E-state index contributed by atoms with van der Waals surface area (Å²) in [5.74, 6) is -0.940. The van der Waals surface area contributed by atoms with Gasteiger partial charge in [-0.05, 0) is 30.2 Å². The number of ether oxygens (including phenoxy) is 1. The molecule has 0 radical (unpaired) electrons. The number of benzene rings is 1. The highest BCUT2D eigenvalue weighted by atomic mass is 35.5. The predicted molar refractivity (Wildman–Crippen MR) is 106 cm³/mol. The maximum absolute atomic E-state index is 13.3. The number of alkyl halides is 1. The average Bonchev–Trinajstić information content (AvgIpc) is 3.13. The normalized spacial score (nSPS) is 19.2. The molecule has 1 aromatic heterocycles. The van der Waals surface area contributed by atoms with Gasteiger partial charge >= 0.3 is 0 Å². The average molecular weight is 423 g/mol. The number of carbonyl (C=O) groups excluding carboxylic acids is 2. The molecular weight excluding hydrogens is 399 g/mol. The molecule has 3 rings (SSSR count). The second-order valence-electron chi connectivity index (χ2n) is 7.03. The van der Waals surface area contributed by atoms with Crippen LogP contribution in [0.3, 0.4) is 0 Å². The first-order chi connectivity index (χ1) is 14.0. The van der Waals surface area contributed by atoms with Crippen LogP contribution in [0, 0.1) is 5.82 Å². The second kappa shape index (κ2) is 9.84. The Morgan fingerprint density at radius 1 is 1.31 bits per heavy atom. The van der Waals surface area contributed by atoms with Crippen molar-refractivity contribution in [1.29, 1.82) is 0 Å². The van der Waals surface area contributed by atoms with Crippen molar-refractivity contribution in [2.75, 3.05) is 25.6 Å². The Bertz CT molecular complexity index is 843. The predicted octanol–water partition coefficient (Wildman–Crippen LogP) is 1.82. The number of aromatic nitrogens is 2. The van der Waals surface area contributed by atoms with Crippen LogP contribution in [-0.4, -0.2) is 58.1 Å². The van der Waals surface area contributed by atoms with Crippen molar-refractivity contribution in [3.8, 4) is 0 Å². The van der Waals surface area contributed by atoms with Crippen molar-refractivity contribution in [3.63, 3.8) is 0 Å². The van der Waals surface area contributed by atoms with Gasteiger partial charge in [0, 0.05) is 32.3 Å². The molecule has 1 saturated heterocycles. The Hall–Kier alpha value is -2.45. The number of rotatable bonds is 7. The zero-order chi connectivity index (χ0) is 20.8. The first-order valence-electron chi connectivity index (χ1n) is 9.41. The lowest BCUT2D eigenvalue weighted by molar-refractivity contribution is -0.138. The van der Waals surface area contributed by atoms with Gasteiger partial charge in [-0.1, -0.05) is 12.1 Å². The largest absolute Gasteiger partial charge is 0.365 e. The topological polar surface area (TPSA) is 76.5 Å². The van der Waals surface area contributed by atoms with Gasteiger partial charge in [0.25, 0.3) is 0 Å². The van der Waals surface area contributed by atoms with E-state index >= 15 is 0 Å². The molecule has 1 aromatic carbocycles. The Balaban J connectivity index is 1.61. The van der Waals surface area contributed by atoms with Crippen LogP contribution in [0.4, 0.5) is 4.39 Å². The Labute approximate surface area is 173 Å². The van der Waals surface area contributed by atoms with E-state index in [-0.39, 0.29) is 42.1 Å². The van der Waals surface area contributed by atoms with Crippen LogP contribution < -0.4 is 5.32 Å². The van der Waals surface area contributed by atoms with Crippen LogP contribution in [-0.2, 0) is 28.0 Å². The summed E-state index contributed by atoms with van der Waals surface area (Å²) < 4.78 is 20.5. The molecule has 0 spiro atoms. The van der Waals surface area contributed by atoms with E-state index in [1.807, 2.05) is 13.1 Å². The van der Waals surface area contributed by atoms with Crippen LogP contribution >= 0.6 is 11.6 Å². The van der Waals surface area contributed by atoms with Gasteiger partial charge < -0.3 is 15.0 Å². The number of halogens is 2. The van der Waals surface area contributed by atoms with Crippen molar-refractivity contribution in [1.82, 2.24) is 20.0 Å². The smallest absolute Gasteiger partial charge is 0.248 e. The van der Waals surface area contributed by atoms with Gasteiger partial charge in [0.05, 0.1) is 18.3 Å². The molecule has 7 nitrogen and oxygen atoms in total. The van der Waals surface area contributed by atoms with Gasteiger partial charge in [0.15, 0.2) is 0 Å². The third kappa shape index (κ3) is 5.55. The van der Waals surface area contributed by atoms with Crippen molar-refractivity contribution in [2.24, 2.45) is 7.05 Å². The monoisotopic (exact) mass is 422 g/mol. The number of aryl methyl sites for hydroxylation is 1. The highest BCUT2D eigenvalue weighted by Gasteiger charge is 2.33. The summed E-state index contributed by atoms with van der Waals surface area (Å²) in [5, 5.41) is 6.95. The quantitative estimate of drug-likeness (QED) is 0.690. The number of likely N-dealkylation sites (tertiary alicyclic amines) is 1. The molecule has 0 unspecified atom stereocenters. The molecule has 29 heavy (non-hydrogen) atoms. The minimum absolute atomic E-state index is 0.0258. The zero-order valence-electron chi connectivity index (χ0n) is 16.2. The summed E-state index contributed by atoms with van der Waals surface area (Å²) >= 11 is 5.65. The molecule has 1 fully saturated rings. The third-order valence-corrected chi connectivity index (χ3v) is 5.37. The van der Waals surface area contributed by atoms with Crippen LogP contribution in [0.25, 0.3) is 0 Å². The summed E-state index contributed by atoms with van der Waals surface area (Å²) in [4.78, 5) is 26.2. The van der Waals surface area contributed by atoms with Crippen LogP contribution in [0.15, 0.2) is 36.5 Å². The van der Waals surface area contributed by atoms with Gasteiger partial charge in [0.1, 0.15) is 18.3 Å². The first kappa shape index (κ1) is 21.3. The lowest BCUT2D eigenvalue weighted by atomic mass is 9.85. The van der Waals surface area contributed by atoms with E-state index in [9.17, 15) is 14.0 Å². The molecule has 2 atom stereocenters. The Morgan fingerprint density at radius 3 is 2.72 bits per heavy atom. The number of hydrogen-bond acceptors (Lipinski definition) is 4. The van der Waals surface area contributed by atoms with E-state index in [4.69, 9.17) is 16.3 Å². The van der Waals surface area contributed by atoms with E-state index in [0.717, 1.165) is 11.3 Å². The Kier molecular flexibility index (Phi) is 7.22. The van der Waals surface area contributed by atoms with Gasteiger partial charge in [-0.15, -0.1) is 11.6 Å². The molecule has 2 heterocycles. The molecule has 0 bridgehead atoms. The van der Waals surface area contributed by atoms with E-state index < -0.39 is 0 Å². The van der Waals surface area contributed by atoms with Crippen molar-refractivity contribution in [2.45, 2.75) is 25.0 Å². The number of nitrogens with zero attached hydrogens (tertiary/aromatic N) is 3. The zero-order valence-corrected chi connectivity index (χ0v) is 16.9. The highest BCUT2D eigenvalue weighted by molar-refractivity contribution is 6.27. The SMILES string of the molecule is Cn1nccc1COCC(=O)N1CC[C@H](c2ccc(F)cc2)[C@@H](NC(=O)CCl)C1. The van der Waals surface area contributed by atoms with E-state index in [1.54, 1.807) is 27.9 Å². The van der Waals surface area contributed by atoms with Gasteiger partial charge in [0.2, 0.25) is 11.8 Å². The molecule has 2 amide bonds. The fourth-order valence-electron chi connectivity index (χ4n) is 3.56. The first-order valence-corrected chi connectivity index (χ1v) is 9.94. The molecular formula is C20H24ClFN4O3. The lowest BCUT2D eigenvalue weighted by Gasteiger charge is -2.39. The fourth-order valence-corrected chi connectivity index (χ4v) is 3.63. The number of carbonyl (C=O) groups is 2. The van der Waals surface area contributed by atoms with E-state index in [0.29, 0.717) is 26.1 Å². The molecule has 1 aliphatic rings. The third-order valence-electron chi connectivity index (χ3n) is 5.13. The minimum Gasteiger partial charge on any atom is -0.365 e. The molecule has 9 heteroatoms. The molecule has 1 N–H and O–H groups in total. The van der Waals surface area contributed by atoms with Crippen molar-refractivity contribution >= 4 is 23.4 Å². The summed E-state index contributed by atoms with van der Waals surface area (Å²) in [7, 11) is 1.81. The lowest BCUT2D eigenvalue weighted by Crippen LogP contribution is -2.54. The fraction of sp³-hybridized carbons (Fsp3) is 0.450. The molecule has 1 aliphatic heterocycles. The number of piperidine rings is 1. The standard InChI is InChI=1S/C20H24ClFN4O3/c1-25-16(6-8-23-25)12-29-13-20(28)26-9-7-17(14-2-4-15(22)5-3-14)18(11-26)24-19(27)10-21/h2-6,8,17-18H,7,9-13H2,1H3,(H,24,27)/t17-,18+/m1/s1. The molecule has 0 saturated carbocycles. The van der Waals surface area contributed by atoms with Gasteiger partial charge in [-0.2, -0.15) is 5.10 Å². The van der Waals surface area contributed by atoms with Crippen molar-refractivity contribution < 1.29 is 18.7 Å². The second-order valence-corrected chi connectivity index (χ2v) is 7.30. The number of amides is 2. The van der Waals surface area contributed by atoms with Gasteiger partial charge in [-0.25, -0.2) is 4.39 Å². The highest BCUT2D eigenvalue weighted by Crippen LogP contribution is 2.29. The van der Waals surface area contributed by atoms with Crippen LogP contribution in [0.2, 0.25) is 0 Å². The summed E-state index contributed by atoms with van der Waals surface area (Å²) in [6.45, 7) is 1.12. The molecule has 2 aromatic rings. The van der Waals surface area contributed by atoms with Crippen LogP contribution in [0.1, 0.15) is 23.6 Å². The van der Waals surface area contributed by atoms with Crippen LogP contribution in [0.5, 0.6) is 0 Å². The summed E-state index contributed by atoms with van der Waals surface area (Å²) in [6.07, 6.45) is 2.32. The van der Waals surface area contributed by atoms with Gasteiger partial charge in [-0.3, -0.25) is 14.3 Å². The summed E-state index contributed by atoms with van der Waals surface area (Å²) in [5.41, 5.74) is 1.80. The minimum atomic E-state index is -0.312. The van der Waals surface area contributed by atoms with E-state index in [1.165, 1.54) is 12.1 Å².